The average Bonchev–Trinajstić information content (AvgIpc) is 3.32. The van der Waals surface area contributed by atoms with Gasteiger partial charge >= 0.3 is 6.09 Å². The molecule has 0 aromatic heterocycles. The second-order valence-corrected chi connectivity index (χ2v) is 7.80. The largest absolute Gasteiger partial charge is 0.445 e. The molecule has 0 aliphatic carbocycles. The molecule has 0 spiro atoms. The molecule has 3 aliphatic heterocycles. The summed E-state index contributed by atoms with van der Waals surface area (Å²) < 4.78 is 22.6. The zero-order valence-corrected chi connectivity index (χ0v) is 16.7. The Hall–Kier alpha value is -2.67. The second kappa shape index (κ2) is 8.60. The third-order valence-electron chi connectivity index (χ3n) is 5.77. The van der Waals surface area contributed by atoms with Gasteiger partial charge in [0.25, 0.3) is 0 Å². The zero-order valence-electron chi connectivity index (χ0n) is 16.7. The van der Waals surface area contributed by atoms with Crippen LogP contribution in [0.15, 0.2) is 60.7 Å². The molecule has 2 bridgehead atoms. The van der Waals surface area contributed by atoms with Gasteiger partial charge in [-0.1, -0.05) is 54.6 Å². The lowest BCUT2D eigenvalue weighted by atomic mass is 9.89. The summed E-state index contributed by atoms with van der Waals surface area (Å²) in [5.74, 6) is 0. The lowest BCUT2D eigenvalue weighted by Gasteiger charge is -2.43. The molecule has 2 saturated heterocycles. The molecule has 3 heterocycles. The summed E-state index contributed by atoms with van der Waals surface area (Å²) in [6, 6.07) is 17.9. The molecule has 30 heavy (non-hydrogen) atoms. The average molecular weight is 407 g/mol. The van der Waals surface area contributed by atoms with Gasteiger partial charge in [-0.15, -0.1) is 0 Å². The summed E-state index contributed by atoms with van der Waals surface area (Å²) >= 11 is 0. The number of carbonyl (C=O) groups is 1. The standard InChI is InChI=1S/C24H25NO5/c26-24(30-14-17-5-2-1-3-6-17)25-21-12-20(13-22(25)16-27-15-21)18-7-4-8-19(11-18)23-28-9-10-29-23/h1-8,11-12,21-23H,9-10,13-16H2. The number of benzene rings is 2. The summed E-state index contributed by atoms with van der Waals surface area (Å²) in [6.45, 7) is 2.52. The van der Waals surface area contributed by atoms with E-state index < -0.39 is 0 Å². The van der Waals surface area contributed by atoms with Gasteiger partial charge in [-0.3, -0.25) is 4.90 Å². The molecule has 6 nitrogen and oxygen atoms in total. The van der Waals surface area contributed by atoms with Crippen molar-refractivity contribution >= 4 is 11.7 Å². The van der Waals surface area contributed by atoms with E-state index >= 15 is 0 Å². The molecule has 5 rings (SSSR count). The molecule has 6 heteroatoms. The van der Waals surface area contributed by atoms with E-state index in [4.69, 9.17) is 18.9 Å². The monoisotopic (exact) mass is 407 g/mol. The topological polar surface area (TPSA) is 57.2 Å². The summed E-state index contributed by atoms with van der Waals surface area (Å²) in [5.41, 5.74) is 4.37. The smallest absolute Gasteiger partial charge is 0.411 e. The summed E-state index contributed by atoms with van der Waals surface area (Å²) in [4.78, 5) is 14.7. The number of nitrogens with zero attached hydrogens (tertiary/aromatic N) is 1. The van der Waals surface area contributed by atoms with Gasteiger partial charge in [0.2, 0.25) is 0 Å². The number of carbonyl (C=O) groups excluding carboxylic acids is 1. The van der Waals surface area contributed by atoms with Crippen LogP contribution in [0.3, 0.4) is 0 Å². The third kappa shape index (κ3) is 3.99. The first kappa shape index (κ1) is 19.3. The van der Waals surface area contributed by atoms with E-state index in [0.29, 0.717) is 26.4 Å². The number of morpholine rings is 1. The maximum atomic E-state index is 12.8. The predicted octanol–water partition coefficient (Wildman–Crippen LogP) is 3.93. The minimum Gasteiger partial charge on any atom is -0.445 e. The van der Waals surface area contributed by atoms with E-state index in [1.807, 2.05) is 47.4 Å². The Balaban J connectivity index is 1.32. The molecular formula is C24H25NO5. The highest BCUT2D eigenvalue weighted by Crippen LogP contribution is 2.34. The summed E-state index contributed by atoms with van der Waals surface area (Å²) in [6.07, 6.45) is 2.29. The van der Waals surface area contributed by atoms with Gasteiger partial charge in [0, 0.05) is 5.56 Å². The molecule has 1 amide bonds. The molecule has 3 aliphatic rings. The number of amides is 1. The third-order valence-corrected chi connectivity index (χ3v) is 5.77. The highest BCUT2D eigenvalue weighted by atomic mass is 16.7. The first-order valence-electron chi connectivity index (χ1n) is 10.4. The highest BCUT2D eigenvalue weighted by molar-refractivity contribution is 5.74. The predicted molar refractivity (Wildman–Crippen MR) is 111 cm³/mol. The van der Waals surface area contributed by atoms with Crippen molar-refractivity contribution in [2.75, 3.05) is 26.4 Å². The summed E-state index contributed by atoms with van der Waals surface area (Å²) in [5, 5.41) is 0. The van der Waals surface area contributed by atoms with Crippen molar-refractivity contribution < 1.29 is 23.7 Å². The fourth-order valence-electron chi connectivity index (χ4n) is 4.32. The molecule has 2 unspecified atom stereocenters. The minimum absolute atomic E-state index is 0.0327. The fourth-order valence-corrected chi connectivity index (χ4v) is 4.32. The van der Waals surface area contributed by atoms with Crippen LogP contribution in [0, 0.1) is 0 Å². The Morgan fingerprint density at radius 3 is 2.67 bits per heavy atom. The van der Waals surface area contributed by atoms with Crippen LogP contribution in [0.2, 0.25) is 0 Å². The molecule has 0 saturated carbocycles. The van der Waals surface area contributed by atoms with Gasteiger partial charge in [0.1, 0.15) is 6.61 Å². The SMILES string of the molecule is O=C(OCc1ccccc1)N1C2C=C(c3cccc(C4OCCO4)c3)CC1COC2. The van der Waals surface area contributed by atoms with E-state index in [9.17, 15) is 4.79 Å². The summed E-state index contributed by atoms with van der Waals surface area (Å²) in [7, 11) is 0. The van der Waals surface area contributed by atoms with Crippen molar-refractivity contribution in [1.82, 2.24) is 4.90 Å². The van der Waals surface area contributed by atoms with Crippen molar-refractivity contribution in [3.8, 4) is 0 Å². The normalized spacial score (nSPS) is 23.9. The van der Waals surface area contributed by atoms with Crippen LogP contribution < -0.4 is 0 Å². The van der Waals surface area contributed by atoms with E-state index in [2.05, 4.69) is 18.2 Å². The van der Waals surface area contributed by atoms with E-state index in [1.54, 1.807) is 0 Å². The van der Waals surface area contributed by atoms with Crippen LogP contribution in [0.25, 0.3) is 5.57 Å². The van der Waals surface area contributed by atoms with Crippen LogP contribution in [0.4, 0.5) is 4.79 Å². The molecular weight excluding hydrogens is 382 g/mol. The molecule has 0 radical (unpaired) electrons. The van der Waals surface area contributed by atoms with Crippen LogP contribution in [0.5, 0.6) is 0 Å². The number of hydrogen-bond acceptors (Lipinski definition) is 5. The lowest BCUT2D eigenvalue weighted by Crippen LogP contribution is -2.56. The van der Waals surface area contributed by atoms with Gasteiger partial charge in [0.05, 0.1) is 38.5 Å². The van der Waals surface area contributed by atoms with Crippen molar-refractivity contribution in [1.29, 1.82) is 0 Å². The number of hydrogen-bond donors (Lipinski definition) is 0. The number of ether oxygens (including phenoxy) is 4. The van der Waals surface area contributed by atoms with Gasteiger partial charge in [-0.25, -0.2) is 4.79 Å². The van der Waals surface area contributed by atoms with Crippen LogP contribution in [-0.2, 0) is 25.6 Å². The first-order chi connectivity index (χ1) is 14.8. The molecule has 2 aromatic rings. The Morgan fingerprint density at radius 1 is 1.03 bits per heavy atom. The fraction of sp³-hybridized carbons (Fsp3) is 0.375. The molecule has 156 valence electrons. The Morgan fingerprint density at radius 2 is 1.87 bits per heavy atom. The Bertz CT molecular complexity index is 922. The van der Waals surface area contributed by atoms with E-state index in [1.165, 1.54) is 5.57 Å². The van der Waals surface area contributed by atoms with Gasteiger partial charge < -0.3 is 18.9 Å². The molecule has 2 atom stereocenters. The van der Waals surface area contributed by atoms with E-state index in [0.717, 1.165) is 23.1 Å². The van der Waals surface area contributed by atoms with Crippen molar-refractivity contribution in [2.45, 2.75) is 31.4 Å². The minimum atomic E-state index is -0.290. The highest BCUT2D eigenvalue weighted by Gasteiger charge is 2.39. The number of fused-ring (bicyclic) bond motifs is 2. The van der Waals surface area contributed by atoms with Crippen LogP contribution in [0.1, 0.15) is 29.4 Å². The zero-order chi connectivity index (χ0) is 20.3. The van der Waals surface area contributed by atoms with Crippen molar-refractivity contribution in [3.05, 3.63) is 77.4 Å². The van der Waals surface area contributed by atoms with Crippen LogP contribution >= 0.6 is 0 Å². The Labute approximate surface area is 176 Å². The molecule has 0 N–H and O–H groups in total. The lowest BCUT2D eigenvalue weighted by molar-refractivity contribution is -0.0441. The quantitative estimate of drug-likeness (QED) is 0.769. The maximum absolute atomic E-state index is 12.8. The van der Waals surface area contributed by atoms with Gasteiger partial charge in [-0.05, 0) is 29.2 Å². The van der Waals surface area contributed by atoms with Gasteiger partial charge in [0.15, 0.2) is 6.29 Å². The molecule has 2 fully saturated rings. The van der Waals surface area contributed by atoms with Gasteiger partial charge in [-0.2, -0.15) is 0 Å². The molecule has 2 aromatic carbocycles. The van der Waals surface area contributed by atoms with Crippen molar-refractivity contribution in [3.63, 3.8) is 0 Å². The van der Waals surface area contributed by atoms with Crippen LogP contribution in [-0.4, -0.2) is 49.5 Å². The van der Waals surface area contributed by atoms with Crippen molar-refractivity contribution in [2.24, 2.45) is 0 Å². The maximum Gasteiger partial charge on any atom is 0.411 e. The number of rotatable bonds is 4. The first-order valence-corrected chi connectivity index (χ1v) is 10.4. The van der Waals surface area contributed by atoms with E-state index in [-0.39, 0.29) is 31.1 Å². The Kier molecular flexibility index (Phi) is 5.53. The second-order valence-electron chi connectivity index (χ2n) is 7.80.